The molecule has 1 aliphatic carbocycles. The van der Waals surface area contributed by atoms with Crippen molar-refractivity contribution >= 4 is 18.6 Å². The minimum absolute atomic E-state index is 0.167. The molecule has 0 aromatic heterocycles. The normalized spacial score (nSPS) is 15.2. The molecule has 0 fully saturated rings. The molecule has 0 bridgehead atoms. The van der Waals surface area contributed by atoms with E-state index in [1.807, 2.05) is 0 Å². The van der Waals surface area contributed by atoms with E-state index in [-0.39, 0.29) is 11.5 Å². The molecule has 0 saturated heterocycles. The van der Waals surface area contributed by atoms with Crippen LogP contribution in [0.5, 0.6) is 0 Å². The molecule has 0 aliphatic heterocycles. The molecule has 2 rings (SSSR count). The van der Waals surface area contributed by atoms with Gasteiger partial charge in [-0.05, 0) is 56.5 Å². The van der Waals surface area contributed by atoms with Crippen molar-refractivity contribution in [1.29, 1.82) is 0 Å². The molecule has 0 heterocycles. The molecule has 25 heavy (non-hydrogen) atoms. The average Bonchev–Trinajstić information content (AvgIpc) is 2.68. The van der Waals surface area contributed by atoms with E-state index in [9.17, 15) is 4.79 Å². The van der Waals surface area contributed by atoms with Crippen molar-refractivity contribution in [2.75, 3.05) is 6.61 Å². The van der Waals surface area contributed by atoms with Crippen LogP contribution in [-0.2, 0) is 4.74 Å². The topological polar surface area (TPSA) is 71.2 Å². The number of allylic oxidation sites excluding steroid dienone is 5. The van der Waals surface area contributed by atoms with E-state index in [1.165, 1.54) is 23.3 Å². The van der Waals surface area contributed by atoms with Gasteiger partial charge in [0.15, 0.2) is 0 Å². The monoisotopic (exact) mass is 338 g/mol. The van der Waals surface area contributed by atoms with Gasteiger partial charge in [0, 0.05) is 12.3 Å². The predicted molar refractivity (Wildman–Crippen MR) is 100 cm³/mol. The maximum absolute atomic E-state index is 11.2. The smallest absolute Gasteiger partial charge is 0.335 e. The average molecular weight is 338 g/mol. The molecule has 0 spiro atoms. The van der Waals surface area contributed by atoms with Crippen LogP contribution in [-0.4, -0.2) is 30.3 Å². The minimum atomic E-state index is -1.00. The summed E-state index contributed by atoms with van der Waals surface area (Å²) in [6.45, 7) is 9.94. The number of hydrogen-bond acceptors (Lipinski definition) is 4. The van der Waals surface area contributed by atoms with Gasteiger partial charge in [0.25, 0.3) is 0 Å². The van der Waals surface area contributed by atoms with Gasteiger partial charge in [0.2, 0.25) is 5.90 Å². The lowest BCUT2D eigenvalue weighted by atomic mass is 10.0. The van der Waals surface area contributed by atoms with Crippen molar-refractivity contribution in [1.82, 2.24) is 0 Å². The summed E-state index contributed by atoms with van der Waals surface area (Å²) >= 11 is 0. The first-order chi connectivity index (χ1) is 11.9. The zero-order valence-electron chi connectivity index (χ0n) is 14.7. The summed E-state index contributed by atoms with van der Waals surface area (Å²) in [5.41, 5.74) is 5.50. The first kappa shape index (κ1) is 18.4. The number of carboxylic acids is 1. The Bertz CT molecular complexity index is 814. The quantitative estimate of drug-likeness (QED) is 0.492. The molecule has 1 N–H and O–H groups in total. The number of ether oxygens (including phenoxy) is 1. The number of rotatable bonds is 5. The fraction of sp³-hybridized carbons (Fsp3) is 0.250. The molecular weight excluding hydrogens is 316 g/mol. The molecule has 1 aromatic carbocycles. The number of hydrogen-bond donors (Lipinski definition) is 1. The second kappa shape index (κ2) is 8.24. The van der Waals surface area contributed by atoms with Gasteiger partial charge in [-0.2, -0.15) is 5.10 Å². The van der Waals surface area contributed by atoms with Crippen LogP contribution in [0.15, 0.2) is 68.9 Å². The lowest BCUT2D eigenvalue weighted by molar-refractivity contribution is 0.0697. The third-order valence-corrected chi connectivity index (χ3v) is 3.87. The van der Waals surface area contributed by atoms with Gasteiger partial charge in [-0.3, -0.25) is 0 Å². The van der Waals surface area contributed by atoms with E-state index < -0.39 is 5.97 Å². The largest absolute Gasteiger partial charge is 0.478 e. The lowest BCUT2D eigenvalue weighted by Gasteiger charge is -2.13. The number of aromatic carboxylic acids is 1. The van der Waals surface area contributed by atoms with E-state index in [0.717, 1.165) is 17.6 Å². The van der Waals surface area contributed by atoms with E-state index in [2.05, 4.69) is 49.8 Å². The Balaban J connectivity index is 2.24. The summed E-state index contributed by atoms with van der Waals surface area (Å²) in [4.78, 5) is 11.2. The highest BCUT2D eigenvalue weighted by atomic mass is 16.5. The van der Waals surface area contributed by atoms with Crippen molar-refractivity contribution in [2.45, 2.75) is 27.2 Å². The molecule has 1 aliphatic rings. The predicted octanol–water partition coefficient (Wildman–Crippen LogP) is 4.38. The van der Waals surface area contributed by atoms with Crippen LogP contribution in [0.25, 0.3) is 0 Å². The van der Waals surface area contributed by atoms with E-state index in [1.54, 1.807) is 12.1 Å². The van der Waals surface area contributed by atoms with E-state index in [0.29, 0.717) is 12.2 Å². The fourth-order valence-electron chi connectivity index (χ4n) is 2.74. The summed E-state index contributed by atoms with van der Waals surface area (Å²) < 4.78 is 5.86. The summed E-state index contributed by atoms with van der Waals surface area (Å²) in [6.07, 6.45) is 5.11. The van der Waals surface area contributed by atoms with Gasteiger partial charge < -0.3 is 9.84 Å². The fourth-order valence-corrected chi connectivity index (χ4v) is 2.74. The summed E-state index contributed by atoms with van der Waals surface area (Å²) in [5.74, 6) is -0.749. The Morgan fingerprint density at radius 3 is 2.64 bits per heavy atom. The zero-order valence-corrected chi connectivity index (χ0v) is 14.7. The van der Waals surface area contributed by atoms with Gasteiger partial charge in [0.05, 0.1) is 5.56 Å². The number of benzene rings is 1. The number of carboxylic acid groups (broad SMARTS) is 1. The summed E-state index contributed by atoms with van der Waals surface area (Å²) in [6, 6.07) is 6.41. The van der Waals surface area contributed by atoms with E-state index >= 15 is 0 Å². The summed E-state index contributed by atoms with van der Waals surface area (Å²) in [7, 11) is 0. The van der Waals surface area contributed by atoms with Crippen LogP contribution in [0.1, 0.15) is 43.1 Å². The Labute approximate surface area is 147 Å². The maximum atomic E-state index is 11.2. The van der Waals surface area contributed by atoms with Crippen LogP contribution in [0.2, 0.25) is 0 Å². The third-order valence-electron chi connectivity index (χ3n) is 3.87. The zero-order chi connectivity index (χ0) is 18.4. The Hall–Kier alpha value is -2.95. The van der Waals surface area contributed by atoms with Gasteiger partial charge in [-0.1, -0.05) is 29.4 Å². The molecule has 0 saturated carbocycles. The van der Waals surface area contributed by atoms with Crippen molar-refractivity contribution in [3.05, 3.63) is 69.8 Å². The molecule has 5 heteroatoms. The molecule has 5 nitrogen and oxygen atoms in total. The maximum Gasteiger partial charge on any atom is 0.335 e. The Kier molecular flexibility index (Phi) is 6.06. The van der Waals surface area contributed by atoms with Crippen molar-refractivity contribution < 1.29 is 14.6 Å². The molecular formula is C20H22N2O3. The first-order valence-corrected chi connectivity index (χ1v) is 7.95. The van der Waals surface area contributed by atoms with Crippen LogP contribution >= 0.6 is 0 Å². The van der Waals surface area contributed by atoms with Crippen LogP contribution in [0, 0.1) is 0 Å². The van der Waals surface area contributed by atoms with Crippen molar-refractivity contribution in [3.63, 3.8) is 0 Å². The highest BCUT2D eigenvalue weighted by Gasteiger charge is 2.13. The van der Waals surface area contributed by atoms with Gasteiger partial charge in [0.1, 0.15) is 6.61 Å². The second-order valence-corrected chi connectivity index (χ2v) is 6.06. The number of carbonyl (C=O) groups is 1. The third kappa shape index (κ3) is 5.01. The van der Waals surface area contributed by atoms with Crippen LogP contribution in [0.3, 0.4) is 0 Å². The van der Waals surface area contributed by atoms with Gasteiger partial charge in [-0.15, -0.1) is 5.10 Å². The Morgan fingerprint density at radius 2 is 1.96 bits per heavy atom. The van der Waals surface area contributed by atoms with Crippen LogP contribution in [0.4, 0.5) is 0 Å². The van der Waals surface area contributed by atoms with Crippen molar-refractivity contribution in [2.24, 2.45) is 10.2 Å². The second-order valence-electron chi connectivity index (χ2n) is 6.06. The van der Waals surface area contributed by atoms with E-state index in [4.69, 9.17) is 9.84 Å². The van der Waals surface area contributed by atoms with Gasteiger partial charge >= 0.3 is 5.97 Å². The van der Waals surface area contributed by atoms with Crippen LogP contribution < -0.4 is 0 Å². The lowest BCUT2D eigenvalue weighted by Crippen LogP contribution is -2.11. The Morgan fingerprint density at radius 1 is 1.24 bits per heavy atom. The minimum Gasteiger partial charge on any atom is -0.478 e. The first-order valence-electron chi connectivity index (χ1n) is 7.95. The molecule has 1 aromatic rings. The molecule has 130 valence electrons. The number of nitrogens with zero attached hydrogens (tertiary/aromatic N) is 2. The van der Waals surface area contributed by atoms with Gasteiger partial charge in [-0.25, -0.2) is 4.79 Å². The molecule has 0 unspecified atom stereocenters. The molecule has 0 radical (unpaired) electrons. The highest BCUT2D eigenvalue weighted by Crippen LogP contribution is 2.23. The molecule has 0 amide bonds. The van der Waals surface area contributed by atoms with Crippen molar-refractivity contribution in [3.8, 4) is 0 Å². The SMILES string of the molecule is C=N/N=C(\OCC1=C(C)C=C(C)C=C(C)C1)c1cccc(C(=O)O)c1. The standard InChI is InChI=1S/C20H22N2O3/c1-13-8-14(2)10-18(15(3)9-13)12-25-19(22-21-4)16-6-5-7-17(11-16)20(23)24/h5-9,11H,4,10,12H2,1-3H3,(H,23,24)/b22-19-. The highest BCUT2D eigenvalue weighted by molar-refractivity contribution is 5.97. The molecule has 0 atom stereocenters. The summed E-state index contributed by atoms with van der Waals surface area (Å²) in [5, 5.41) is 16.6.